The molecule has 1 saturated carbocycles. The lowest BCUT2D eigenvalue weighted by Gasteiger charge is -2.16. The van der Waals surface area contributed by atoms with E-state index in [9.17, 15) is 5.11 Å². The molecule has 0 bridgehead atoms. The molecule has 1 fully saturated rings. The molecule has 3 N–H and O–H groups in total. The molecule has 2 aromatic heterocycles. The second-order valence-corrected chi connectivity index (χ2v) is 6.32. The second-order valence-electron chi connectivity index (χ2n) is 5.95. The Balaban J connectivity index is 1.62. The lowest BCUT2D eigenvalue weighted by molar-refractivity contribution is 0.137. The molecule has 3 atom stereocenters. The fourth-order valence-electron chi connectivity index (χ4n) is 2.97. The quantitative estimate of drug-likeness (QED) is 0.805. The van der Waals surface area contributed by atoms with E-state index >= 15 is 0 Å². The lowest BCUT2D eigenvalue weighted by Crippen LogP contribution is -2.22. The van der Waals surface area contributed by atoms with Gasteiger partial charge in [-0.05, 0) is 38.3 Å². The maximum atomic E-state index is 10.3. The first kappa shape index (κ1) is 15.2. The molecule has 6 nitrogen and oxygen atoms in total. The number of aliphatic hydroxyl groups excluding tert-OH is 1. The summed E-state index contributed by atoms with van der Waals surface area (Å²) in [5.41, 5.74) is 0.986. The van der Waals surface area contributed by atoms with Gasteiger partial charge in [-0.25, -0.2) is 9.97 Å². The van der Waals surface area contributed by atoms with Crippen molar-refractivity contribution < 1.29 is 5.11 Å². The maximum Gasteiger partial charge on any atom is 0.153 e. The fraction of sp³-hybridized carbons (Fsp3) is 0.533. The van der Waals surface area contributed by atoms with Crippen LogP contribution in [0.25, 0.3) is 0 Å². The predicted octanol–water partition coefficient (Wildman–Crippen LogP) is 2.44. The van der Waals surface area contributed by atoms with Crippen molar-refractivity contribution in [1.82, 2.24) is 20.2 Å². The van der Waals surface area contributed by atoms with Gasteiger partial charge in [0.05, 0.1) is 11.1 Å². The summed E-state index contributed by atoms with van der Waals surface area (Å²) in [6, 6.07) is 1.87. The van der Waals surface area contributed by atoms with Crippen LogP contribution in [0.4, 0.5) is 5.82 Å². The third-order valence-corrected chi connectivity index (χ3v) is 4.73. The molecule has 118 valence electrons. The van der Waals surface area contributed by atoms with Gasteiger partial charge in [-0.3, -0.25) is 5.10 Å². The summed E-state index contributed by atoms with van der Waals surface area (Å²) in [6.07, 6.45) is 2.92. The highest BCUT2D eigenvalue weighted by atomic mass is 35.5. The summed E-state index contributed by atoms with van der Waals surface area (Å²) in [4.78, 5) is 8.63. The average Bonchev–Trinajstić information content (AvgIpc) is 3.07. The average molecular weight is 322 g/mol. The Morgan fingerprint density at radius 2 is 2.23 bits per heavy atom. The highest BCUT2D eigenvalue weighted by molar-refractivity contribution is 6.33. The van der Waals surface area contributed by atoms with E-state index in [-0.39, 0.29) is 17.9 Å². The SMILES string of the molecule is Cc1nc([C@H]2C[C@H](CNc3nccc(C)c3Cl)[C@H](O)C2)n[nH]1. The number of nitrogens with zero attached hydrogens (tertiary/aromatic N) is 3. The Morgan fingerprint density at radius 3 is 2.95 bits per heavy atom. The van der Waals surface area contributed by atoms with Gasteiger partial charge in [-0.15, -0.1) is 0 Å². The van der Waals surface area contributed by atoms with E-state index in [0.29, 0.717) is 23.8 Å². The van der Waals surface area contributed by atoms with Crippen LogP contribution >= 0.6 is 11.6 Å². The molecule has 0 aromatic carbocycles. The third kappa shape index (κ3) is 3.08. The van der Waals surface area contributed by atoms with E-state index < -0.39 is 0 Å². The smallest absolute Gasteiger partial charge is 0.153 e. The summed E-state index contributed by atoms with van der Waals surface area (Å²) < 4.78 is 0. The van der Waals surface area contributed by atoms with Gasteiger partial charge < -0.3 is 10.4 Å². The van der Waals surface area contributed by atoms with Crippen LogP contribution in [0, 0.1) is 19.8 Å². The van der Waals surface area contributed by atoms with Crippen LogP contribution < -0.4 is 5.32 Å². The maximum absolute atomic E-state index is 10.3. The molecule has 0 spiro atoms. The van der Waals surface area contributed by atoms with Crippen molar-refractivity contribution in [2.45, 2.75) is 38.7 Å². The molecular formula is C15H20ClN5O. The molecule has 0 radical (unpaired) electrons. The predicted molar refractivity (Wildman–Crippen MR) is 85.1 cm³/mol. The van der Waals surface area contributed by atoms with E-state index in [2.05, 4.69) is 25.5 Å². The van der Waals surface area contributed by atoms with Crippen molar-refractivity contribution in [3.05, 3.63) is 34.5 Å². The highest BCUT2D eigenvalue weighted by Crippen LogP contribution is 2.37. The van der Waals surface area contributed by atoms with Crippen molar-refractivity contribution in [2.75, 3.05) is 11.9 Å². The third-order valence-electron chi connectivity index (χ3n) is 4.25. The van der Waals surface area contributed by atoms with Gasteiger partial charge in [0.15, 0.2) is 5.82 Å². The normalized spacial score (nSPS) is 24.6. The number of halogens is 1. The van der Waals surface area contributed by atoms with Crippen LogP contribution in [0.15, 0.2) is 12.3 Å². The van der Waals surface area contributed by atoms with Gasteiger partial charge in [0.1, 0.15) is 11.6 Å². The Kier molecular flexibility index (Phi) is 4.31. The topological polar surface area (TPSA) is 86.7 Å². The van der Waals surface area contributed by atoms with Crippen molar-refractivity contribution in [2.24, 2.45) is 5.92 Å². The molecule has 3 rings (SSSR count). The van der Waals surface area contributed by atoms with Gasteiger partial charge in [-0.2, -0.15) is 5.10 Å². The summed E-state index contributed by atoms with van der Waals surface area (Å²) in [6.45, 7) is 4.46. The minimum absolute atomic E-state index is 0.141. The summed E-state index contributed by atoms with van der Waals surface area (Å²) in [5, 5.41) is 21.2. The number of aromatic nitrogens is 4. The standard InChI is InChI=1S/C15H20ClN5O/c1-8-3-4-17-15(13(8)16)18-7-11-5-10(6-12(11)22)14-19-9(2)20-21-14/h3-4,10-12,22H,5-7H2,1-2H3,(H,17,18)(H,19,20,21)/t10-,11+,12+/m0/s1. The first-order chi connectivity index (χ1) is 10.5. The zero-order chi connectivity index (χ0) is 15.7. The molecule has 0 aliphatic heterocycles. The number of aliphatic hydroxyl groups is 1. The number of nitrogens with one attached hydrogen (secondary N) is 2. The molecule has 2 aromatic rings. The second kappa shape index (κ2) is 6.22. The van der Waals surface area contributed by atoms with Gasteiger partial charge >= 0.3 is 0 Å². The van der Waals surface area contributed by atoms with E-state index in [1.54, 1.807) is 6.20 Å². The van der Waals surface area contributed by atoms with Crippen LogP contribution in [0.1, 0.15) is 36.0 Å². The van der Waals surface area contributed by atoms with E-state index in [0.717, 1.165) is 23.6 Å². The van der Waals surface area contributed by atoms with E-state index in [4.69, 9.17) is 11.6 Å². The number of hydrogen-bond donors (Lipinski definition) is 3. The monoisotopic (exact) mass is 321 g/mol. The molecule has 0 unspecified atom stereocenters. The van der Waals surface area contributed by atoms with Gasteiger partial charge in [0.25, 0.3) is 0 Å². The Labute approximate surface area is 134 Å². The van der Waals surface area contributed by atoms with Gasteiger partial charge in [0, 0.05) is 24.6 Å². The Bertz CT molecular complexity index is 659. The van der Waals surface area contributed by atoms with Crippen LogP contribution in [0.3, 0.4) is 0 Å². The minimum Gasteiger partial charge on any atom is -0.393 e. The van der Waals surface area contributed by atoms with E-state index in [1.807, 2.05) is 19.9 Å². The van der Waals surface area contributed by atoms with Gasteiger partial charge in [-0.1, -0.05) is 11.6 Å². The fourth-order valence-corrected chi connectivity index (χ4v) is 3.15. The van der Waals surface area contributed by atoms with Crippen LogP contribution in [-0.4, -0.2) is 37.9 Å². The number of H-pyrrole nitrogens is 1. The van der Waals surface area contributed by atoms with Crippen LogP contribution in [0.5, 0.6) is 0 Å². The number of rotatable bonds is 4. The summed E-state index contributed by atoms with van der Waals surface area (Å²) in [7, 11) is 0. The van der Waals surface area contributed by atoms with Gasteiger partial charge in [0.2, 0.25) is 0 Å². The van der Waals surface area contributed by atoms with Crippen LogP contribution in [0.2, 0.25) is 5.02 Å². The number of pyridine rings is 1. The van der Waals surface area contributed by atoms with Crippen LogP contribution in [-0.2, 0) is 0 Å². The first-order valence-electron chi connectivity index (χ1n) is 7.46. The molecule has 0 saturated heterocycles. The number of aryl methyl sites for hydroxylation is 2. The molecule has 1 aliphatic carbocycles. The molecule has 7 heteroatoms. The van der Waals surface area contributed by atoms with Crippen molar-refractivity contribution in [3.8, 4) is 0 Å². The number of aromatic amines is 1. The summed E-state index contributed by atoms with van der Waals surface area (Å²) in [5.74, 6) is 2.62. The summed E-state index contributed by atoms with van der Waals surface area (Å²) >= 11 is 6.23. The molecule has 2 heterocycles. The number of anilines is 1. The Hall–Kier alpha value is -1.66. The minimum atomic E-state index is -0.361. The van der Waals surface area contributed by atoms with Crippen molar-refractivity contribution in [3.63, 3.8) is 0 Å². The van der Waals surface area contributed by atoms with Crippen molar-refractivity contribution >= 4 is 17.4 Å². The first-order valence-corrected chi connectivity index (χ1v) is 7.84. The number of hydrogen-bond acceptors (Lipinski definition) is 5. The molecular weight excluding hydrogens is 302 g/mol. The molecule has 22 heavy (non-hydrogen) atoms. The zero-order valence-electron chi connectivity index (χ0n) is 12.7. The molecule has 1 aliphatic rings. The van der Waals surface area contributed by atoms with Crippen molar-refractivity contribution in [1.29, 1.82) is 0 Å². The molecule has 0 amide bonds. The zero-order valence-corrected chi connectivity index (χ0v) is 13.4. The lowest BCUT2D eigenvalue weighted by atomic mass is 10.0. The largest absolute Gasteiger partial charge is 0.393 e. The van der Waals surface area contributed by atoms with E-state index in [1.165, 1.54) is 0 Å². The highest BCUT2D eigenvalue weighted by Gasteiger charge is 2.35. The Morgan fingerprint density at radius 1 is 1.41 bits per heavy atom.